The Labute approximate surface area is 117 Å². The molecular formula is C13H17ClN4O. The maximum absolute atomic E-state index is 6.01. The number of halogens is 1. The summed E-state index contributed by atoms with van der Waals surface area (Å²) in [5, 5.41) is 11.8. The molecule has 0 radical (unpaired) electrons. The van der Waals surface area contributed by atoms with Gasteiger partial charge in [0.2, 0.25) is 0 Å². The van der Waals surface area contributed by atoms with Gasteiger partial charge in [-0.3, -0.25) is 4.68 Å². The van der Waals surface area contributed by atoms with Crippen LogP contribution in [0.1, 0.15) is 18.2 Å². The van der Waals surface area contributed by atoms with Crippen LogP contribution in [-0.2, 0) is 20.2 Å². The molecule has 0 aliphatic carbocycles. The van der Waals surface area contributed by atoms with Gasteiger partial charge in [0.05, 0.1) is 6.20 Å². The van der Waals surface area contributed by atoms with E-state index < -0.39 is 0 Å². The molecule has 0 saturated heterocycles. The molecule has 0 spiro atoms. The fraction of sp³-hybridized carbons (Fsp3) is 0.385. The molecule has 0 aliphatic heterocycles. The van der Waals surface area contributed by atoms with Gasteiger partial charge in [0, 0.05) is 24.2 Å². The van der Waals surface area contributed by atoms with Gasteiger partial charge in [-0.05, 0) is 24.7 Å². The molecule has 0 amide bonds. The van der Waals surface area contributed by atoms with Crippen molar-refractivity contribution in [3.8, 4) is 5.75 Å². The normalized spacial score (nSPS) is 10.7. The lowest BCUT2D eigenvalue weighted by Crippen LogP contribution is -2.13. The summed E-state index contributed by atoms with van der Waals surface area (Å²) >= 11 is 6.01. The van der Waals surface area contributed by atoms with Gasteiger partial charge in [-0.25, -0.2) is 0 Å². The summed E-state index contributed by atoms with van der Waals surface area (Å²) in [5.74, 6) is 0.816. The van der Waals surface area contributed by atoms with Crippen molar-refractivity contribution in [3.63, 3.8) is 0 Å². The number of hydrogen-bond donors (Lipinski definition) is 1. The van der Waals surface area contributed by atoms with Crippen LogP contribution in [0.2, 0.25) is 5.02 Å². The predicted molar refractivity (Wildman–Crippen MR) is 74.2 cm³/mol. The molecule has 1 aromatic heterocycles. The number of hydrogen-bond acceptors (Lipinski definition) is 4. The lowest BCUT2D eigenvalue weighted by Gasteiger charge is -2.11. The van der Waals surface area contributed by atoms with Crippen LogP contribution in [0.5, 0.6) is 5.75 Å². The van der Waals surface area contributed by atoms with E-state index in [-0.39, 0.29) is 0 Å². The minimum atomic E-state index is 0.397. The Bertz CT molecular complexity index is 541. The highest BCUT2D eigenvalue weighted by Gasteiger charge is 2.06. The van der Waals surface area contributed by atoms with E-state index >= 15 is 0 Å². The largest absolute Gasteiger partial charge is 0.487 e. The first-order valence-corrected chi connectivity index (χ1v) is 6.54. The van der Waals surface area contributed by atoms with Crippen molar-refractivity contribution in [2.75, 3.05) is 6.54 Å². The van der Waals surface area contributed by atoms with Gasteiger partial charge in [0.1, 0.15) is 18.1 Å². The number of nitrogens with one attached hydrogen (secondary N) is 1. The summed E-state index contributed by atoms with van der Waals surface area (Å²) < 4.78 is 7.43. The molecule has 5 nitrogen and oxygen atoms in total. The lowest BCUT2D eigenvalue weighted by atomic mass is 10.2. The Morgan fingerprint density at radius 1 is 1.42 bits per heavy atom. The Morgan fingerprint density at radius 3 is 2.95 bits per heavy atom. The zero-order valence-corrected chi connectivity index (χ0v) is 11.8. The molecule has 0 bridgehead atoms. The number of aromatic nitrogens is 3. The molecule has 0 saturated carbocycles. The van der Waals surface area contributed by atoms with Crippen LogP contribution in [0.15, 0.2) is 24.4 Å². The zero-order valence-electron chi connectivity index (χ0n) is 11.1. The number of rotatable bonds is 6. The van der Waals surface area contributed by atoms with E-state index in [1.54, 1.807) is 4.68 Å². The lowest BCUT2D eigenvalue weighted by molar-refractivity contribution is 0.297. The third-order valence-corrected chi connectivity index (χ3v) is 2.85. The van der Waals surface area contributed by atoms with Crippen LogP contribution in [0.3, 0.4) is 0 Å². The summed E-state index contributed by atoms with van der Waals surface area (Å²) in [6.07, 6.45) is 1.83. The van der Waals surface area contributed by atoms with Gasteiger partial charge in [0.15, 0.2) is 0 Å². The highest BCUT2D eigenvalue weighted by Crippen LogP contribution is 2.23. The van der Waals surface area contributed by atoms with Crippen molar-refractivity contribution >= 4 is 11.6 Å². The Balaban J connectivity index is 2.05. The van der Waals surface area contributed by atoms with Crippen LogP contribution < -0.4 is 10.1 Å². The van der Waals surface area contributed by atoms with Crippen LogP contribution in [0, 0.1) is 0 Å². The van der Waals surface area contributed by atoms with Crippen LogP contribution in [0.25, 0.3) is 0 Å². The summed E-state index contributed by atoms with van der Waals surface area (Å²) in [4.78, 5) is 0. The number of ether oxygens (including phenoxy) is 1. The molecule has 0 aliphatic rings. The van der Waals surface area contributed by atoms with Crippen molar-refractivity contribution in [1.82, 2.24) is 20.3 Å². The second-order valence-electron chi connectivity index (χ2n) is 4.20. The molecule has 1 N–H and O–H groups in total. The van der Waals surface area contributed by atoms with Gasteiger partial charge in [-0.2, -0.15) is 0 Å². The van der Waals surface area contributed by atoms with Gasteiger partial charge >= 0.3 is 0 Å². The van der Waals surface area contributed by atoms with Crippen molar-refractivity contribution in [2.45, 2.75) is 20.1 Å². The zero-order chi connectivity index (χ0) is 13.7. The molecule has 1 aromatic carbocycles. The first-order chi connectivity index (χ1) is 9.19. The molecule has 2 rings (SSSR count). The standard InChI is InChI=1S/C13H17ClN4O/c1-3-15-7-10-6-11(14)4-5-13(10)19-9-12-8-18(2)17-16-12/h4-6,8,15H,3,7,9H2,1-2H3. The molecule has 1 heterocycles. The van der Waals surface area contributed by atoms with Crippen molar-refractivity contribution in [3.05, 3.63) is 40.7 Å². The Hall–Kier alpha value is -1.59. The quantitative estimate of drug-likeness (QED) is 0.881. The van der Waals surface area contributed by atoms with E-state index in [2.05, 4.69) is 22.6 Å². The second kappa shape index (κ2) is 6.54. The maximum Gasteiger partial charge on any atom is 0.134 e. The van der Waals surface area contributed by atoms with E-state index in [4.69, 9.17) is 16.3 Å². The topological polar surface area (TPSA) is 52.0 Å². The third kappa shape index (κ3) is 3.94. The fourth-order valence-electron chi connectivity index (χ4n) is 1.70. The van der Waals surface area contributed by atoms with E-state index in [9.17, 15) is 0 Å². The summed E-state index contributed by atoms with van der Waals surface area (Å²) in [7, 11) is 1.83. The Morgan fingerprint density at radius 2 is 2.26 bits per heavy atom. The molecule has 19 heavy (non-hydrogen) atoms. The summed E-state index contributed by atoms with van der Waals surface area (Å²) in [5.41, 5.74) is 1.84. The molecule has 6 heteroatoms. The van der Waals surface area contributed by atoms with Crippen molar-refractivity contribution < 1.29 is 4.74 Å². The van der Waals surface area contributed by atoms with E-state index in [0.717, 1.165) is 30.1 Å². The fourth-order valence-corrected chi connectivity index (χ4v) is 1.89. The van der Waals surface area contributed by atoms with E-state index in [1.807, 2.05) is 31.4 Å². The average molecular weight is 281 g/mol. The van der Waals surface area contributed by atoms with Crippen molar-refractivity contribution in [2.24, 2.45) is 7.05 Å². The molecule has 0 atom stereocenters. The molecule has 102 valence electrons. The monoisotopic (exact) mass is 280 g/mol. The number of benzene rings is 1. The van der Waals surface area contributed by atoms with E-state index in [1.165, 1.54) is 0 Å². The number of aryl methyl sites for hydroxylation is 1. The van der Waals surface area contributed by atoms with E-state index in [0.29, 0.717) is 11.6 Å². The second-order valence-corrected chi connectivity index (χ2v) is 4.64. The van der Waals surface area contributed by atoms with Gasteiger partial charge in [0.25, 0.3) is 0 Å². The van der Waals surface area contributed by atoms with Gasteiger partial charge in [-0.1, -0.05) is 23.7 Å². The first kappa shape index (κ1) is 13.8. The van der Waals surface area contributed by atoms with Crippen molar-refractivity contribution in [1.29, 1.82) is 0 Å². The smallest absolute Gasteiger partial charge is 0.134 e. The minimum absolute atomic E-state index is 0.397. The third-order valence-electron chi connectivity index (χ3n) is 2.61. The molecule has 0 unspecified atom stereocenters. The first-order valence-electron chi connectivity index (χ1n) is 6.16. The summed E-state index contributed by atoms with van der Waals surface area (Å²) in [6.45, 7) is 4.09. The highest BCUT2D eigenvalue weighted by atomic mass is 35.5. The van der Waals surface area contributed by atoms with Crippen LogP contribution >= 0.6 is 11.6 Å². The predicted octanol–water partition coefficient (Wildman–Crippen LogP) is 2.16. The molecular weight excluding hydrogens is 264 g/mol. The average Bonchev–Trinajstić information content (AvgIpc) is 2.81. The van der Waals surface area contributed by atoms with Crippen LogP contribution in [0.4, 0.5) is 0 Å². The molecule has 0 fully saturated rings. The van der Waals surface area contributed by atoms with Crippen LogP contribution in [-0.4, -0.2) is 21.5 Å². The molecule has 2 aromatic rings. The van der Waals surface area contributed by atoms with Gasteiger partial charge < -0.3 is 10.1 Å². The SMILES string of the molecule is CCNCc1cc(Cl)ccc1OCc1cn(C)nn1. The maximum atomic E-state index is 6.01. The summed E-state index contributed by atoms with van der Waals surface area (Å²) in [6, 6.07) is 5.62. The Kier molecular flexibility index (Phi) is 4.76. The van der Waals surface area contributed by atoms with Gasteiger partial charge in [-0.15, -0.1) is 5.10 Å². The highest BCUT2D eigenvalue weighted by molar-refractivity contribution is 6.30. The minimum Gasteiger partial charge on any atom is -0.487 e. The number of nitrogens with zero attached hydrogens (tertiary/aromatic N) is 3.